The fourth-order valence-electron chi connectivity index (χ4n) is 2.74. The van der Waals surface area contributed by atoms with E-state index in [1.54, 1.807) is 48.5 Å². The number of hydrogen-bond donors (Lipinski definition) is 2. The average Bonchev–Trinajstić information content (AvgIpc) is 2.60. The second kappa shape index (κ2) is 6.41. The Kier molecular flexibility index (Phi) is 4.29. The van der Waals surface area contributed by atoms with Crippen LogP contribution in [0, 0.1) is 28.6 Å². The van der Waals surface area contributed by atoms with Crippen molar-refractivity contribution in [2.24, 2.45) is 5.41 Å². The number of carbonyl (C=O) groups is 1. The maximum Gasteiger partial charge on any atom is 0.336 e. The average molecular weight is 333 g/mol. The summed E-state index contributed by atoms with van der Waals surface area (Å²) in [5.74, 6) is 4.41. The standard InChI is InChI=1S/C20H15NO4/c21-12-19(13-25-14-19)20(24,16-7-2-1-3-8-16)11-10-15-6-4-5-9-17(15)18(22)23/h1-9,24H,13-14H2,(H,22,23)/t20-/m0/s1. The number of nitrogens with zero attached hydrogens (tertiary/aromatic N) is 1. The summed E-state index contributed by atoms with van der Waals surface area (Å²) in [7, 11) is 0. The summed E-state index contributed by atoms with van der Waals surface area (Å²) in [4.78, 5) is 11.3. The van der Waals surface area contributed by atoms with Crippen molar-refractivity contribution in [2.45, 2.75) is 5.60 Å². The lowest BCUT2D eigenvalue weighted by molar-refractivity contribution is -0.170. The van der Waals surface area contributed by atoms with Gasteiger partial charge in [0.25, 0.3) is 0 Å². The molecule has 1 saturated heterocycles. The van der Waals surface area contributed by atoms with Gasteiger partial charge in [0.15, 0.2) is 5.60 Å². The number of benzene rings is 2. The van der Waals surface area contributed by atoms with Gasteiger partial charge in [-0.1, -0.05) is 54.3 Å². The zero-order valence-electron chi connectivity index (χ0n) is 13.3. The molecule has 124 valence electrons. The second-order valence-electron chi connectivity index (χ2n) is 5.86. The molecule has 2 N–H and O–H groups in total. The molecule has 0 bridgehead atoms. The minimum Gasteiger partial charge on any atom is -0.478 e. The summed E-state index contributed by atoms with van der Waals surface area (Å²) < 4.78 is 5.17. The van der Waals surface area contributed by atoms with Crippen LogP contribution in [0.5, 0.6) is 0 Å². The van der Waals surface area contributed by atoms with Gasteiger partial charge < -0.3 is 14.9 Å². The van der Waals surface area contributed by atoms with Gasteiger partial charge in [-0.3, -0.25) is 0 Å². The molecular formula is C20H15NO4. The highest BCUT2D eigenvalue weighted by Crippen LogP contribution is 2.44. The lowest BCUT2D eigenvalue weighted by Crippen LogP contribution is -2.56. The molecule has 2 aromatic rings. The van der Waals surface area contributed by atoms with Gasteiger partial charge in [-0.15, -0.1) is 0 Å². The van der Waals surface area contributed by atoms with Crippen molar-refractivity contribution in [1.82, 2.24) is 0 Å². The first-order chi connectivity index (χ1) is 12.0. The summed E-state index contributed by atoms with van der Waals surface area (Å²) in [6.07, 6.45) is 0. The van der Waals surface area contributed by atoms with Crippen molar-refractivity contribution in [3.63, 3.8) is 0 Å². The highest BCUT2D eigenvalue weighted by molar-refractivity contribution is 5.90. The molecule has 0 aliphatic carbocycles. The van der Waals surface area contributed by atoms with E-state index in [0.717, 1.165) is 0 Å². The number of aromatic carboxylic acids is 1. The molecule has 0 unspecified atom stereocenters. The van der Waals surface area contributed by atoms with Gasteiger partial charge in [0.1, 0.15) is 5.41 Å². The van der Waals surface area contributed by atoms with Gasteiger partial charge in [0.2, 0.25) is 0 Å². The molecule has 25 heavy (non-hydrogen) atoms. The van der Waals surface area contributed by atoms with Gasteiger partial charge in [-0.25, -0.2) is 4.79 Å². The van der Waals surface area contributed by atoms with Crippen LogP contribution in [0.15, 0.2) is 54.6 Å². The first-order valence-corrected chi connectivity index (χ1v) is 7.65. The van der Waals surface area contributed by atoms with Crippen LogP contribution < -0.4 is 0 Å². The van der Waals surface area contributed by atoms with Crippen LogP contribution in [0.2, 0.25) is 0 Å². The monoisotopic (exact) mass is 333 g/mol. The molecule has 1 fully saturated rings. The minimum absolute atomic E-state index is 0.0429. The summed E-state index contributed by atoms with van der Waals surface area (Å²) in [5.41, 5.74) is -2.18. The molecule has 3 rings (SSSR count). The van der Waals surface area contributed by atoms with Crippen LogP contribution in [0.25, 0.3) is 0 Å². The molecule has 0 saturated carbocycles. The van der Waals surface area contributed by atoms with Crippen molar-refractivity contribution in [3.8, 4) is 17.9 Å². The third-order valence-corrected chi connectivity index (χ3v) is 4.33. The molecule has 5 heteroatoms. The van der Waals surface area contributed by atoms with Gasteiger partial charge in [0.05, 0.1) is 24.8 Å². The van der Waals surface area contributed by atoms with E-state index in [-0.39, 0.29) is 24.3 Å². The first kappa shape index (κ1) is 16.7. The van der Waals surface area contributed by atoms with Crippen LogP contribution in [0.3, 0.4) is 0 Å². The van der Waals surface area contributed by atoms with Crippen molar-refractivity contribution in [2.75, 3.05) is 13.2 Å². The van der Waals surface area contributed by atoms with Crippen molar-refractivity contribution < 1.29 is 19.7 Å². The zero-order valence-corrected chi connectivity index (χ0v) is 13.3. The second-order valence-corrected chi connectivity index (χ2v) is 5.86. The first-order valence-electron chi connectivity index (χ1n) is 7.65. The Balaban J connectivity index is 2.14. The van der Waals surface area contributed by atoms with E-state index in [2.05, 4.69) is 17.9 Å². The van der Waals surface area contributed by atoms with E-state index in [4.69, 9.17) is 4.74 Å². The molecule has 2 aromatic carbocycles. The third kappa shape index (κ3) is 2.77. The van der Waals surface area contributed by atoms with E-state index in [1.807, 2.05) is 0 Å². The van der Waals surface area contributed by atoms with E-state index >= 15 is 0 Å². The minimum atomic E-state index is -1.77. The highest BCUT2D eigenvalue weighted by Gasteiger charge is 2.57. The molecule has 1 heterocycles. The van der Waals surface area contributed by atoms with Crippen LogP contribution in [0.1, 0.15) is 21.5 Å². The van der Waals surface area contributed by atoms with Crippen molar-refractivity contribution in [1.29, 1.82) is 5.26 Å². The van der Waals surface area contributed by atoms with Crippen LogP contribution >= 0.6 is 0 Å². The molecule has 0 aromatic heterocycles. The number of carboxylic acids is 1. The SMILES string of the molecule is N#CC1([C@](O)(C#Cc2ccccc2C(=O)O)c2ccccc2)COC1. The maximum atomic E-state index is 11.3. The zero-order chi connectivity index (χ0) is 17.9. The van der Waals surface area contributed by atoms with Gasteiger partial charge in [-0.2, -0.15) is 5.26 Å². The van der Waals surface area contributed by atoms with Crippen LogP contribution in [-0.4, -0.2) is 29.4 Å². The Hall–Kier alpha value is -3.12. The summed E-state index contributed by atoms with van der Waals surface area (Å²) in [6, 6.07) is 17.1. The van der Waals surface area contributed by atoms with E-state index < -0.39 is 17.0 Å². The number of rotatable bonds is 3. The Morgan fingerprint density at radius 3 is 2.32 bits per heavy atom. The van der Waals surface area contributed by atoms with Crippen molar-refractivity contribution in [3.05, 3.63) is 71.3 Å². The maximum absolute atomic E-state index is 11.3. The van der Waals surface area contributed by atoms with Crippen LogP contribution in [-0.2, 0) is 10.3 Å². The number of hydrogen-bond acceptors (Lipinski definition) is 4. The quantitative estimate of drug-likeness (QED) is 0.840. The predicted molar refractivity (Wildman–Crippen MR) is 89.5 cm³/mol. The largest absolute Gasteiger partial charge is 0.478 e. The molecule has 1 aliphatic rings. The molecule has 1 atom stereocenters. The molecular weight excluding hydrogens is 318 g/mol. The third-order valence-electron chi connectivity index (χ3n) is 4.33. The molecule has 1 aliphatic heterocycles. The number of carboxylic acid groups (broad SMARTS) is 1. The summed E-state index contributed by atoms with van der Waals surface area (Å²) >= 11 is 0. The number of ether oxygens (including phenoxy) is 1. The fraction of sp³-hybridized carbons (Fsp3) is 0.200. The van der Waals surface area contributed by atoms with Crippen LogP contribution in [0.4, 0.5) is 0 Å². The Bertz CT molecular complexity index is 901. The topological polar surface area (TPSA) is 90.5 Å². The van der Waals surface area contributed by atoms with E-state index in [1.165, 1.54) is 6.07 Å². The fourth-order valence-corrected chi connectivity index (χ4v) is 2.74. The van der Waals surface area contributed by atoms with Gasteiger partial charge in [-0.05, 0) is 17.7 Å². The van der Waals surface area contributed by atoms with Crippen molar-refractivity contribution >= 4 is 5.97 Å². The summed E-state index contributed by atoms with van der Waals surface area (Å²) in [6.45, 7) is 0.119. The highest BCUT2D eigenvalue weighted by atomic mass is 16.5. The predicted octanol–water partition coefficient (Wildman–Crippen LogP) is 2.16. The lowest BCUT2D eigenvalue weighted by Gasteiger charge is -2.45. The molecule has 0 radical (unpaired) electrons. The number of aliphatic hydroxyl groups is 1. The Labute approximate surface area is 145 Å². The van der Waals surface area contributed by atoms with E-state index in [9.17, 15) is 20.3 Å². The smallest absolute Gasteiger partial charge is 0.336 e. The Morgan fingerprint density at radius 2 is 1.76 bits per heavy atom. The molecule has 5 nitrogen and oxygen atoms in total. The lowest BCUT2D eigenvalue weighted by atomic mass is 9.68. The normalized spacial score (nSPS) is 17.1. The number of nitriles is 1. The molecule has 0 amide bonds. The van der Waals surface area contributed by atoms with Gasteiger partial charge >= 0.3 is 5.97 Å². The Morgan fingerprint density at radius 1 is 1.12 bits per heavy atom. The molecule has 0 spiro atoms. The van der Waals surface area contributed by atoms with E-state index in [0.29, 0.717) is 5.56 Å². The van der Waals surface area contributed by atoms with Gasteiger partial charge in [0, 0.05) is 5.56 Å². The summed E-state index contributed by atoms with van der Waals surface area (Å²) in [5, 5.41) is 30.2.